The van der Waals surface area contributed by atoms with Crippen molar-refractivity contribution in [3.05, 3.63) is 52.7 Å². The van der Waals surface area contributed by atoms with Gasteiger partial charge in [0, 0.05) is 5.75 Å². The van der Waals surface area contributed by atoms with Crippen LogP contribution in [0.1, 0.15) is 23.6 Å². The number of nitriles is 1. The van der Waals surface area contributed by atoms with Crippen LogP contribution < -0.4 is 0 Å². The van der Waals surface area contributed by atoms with Crippen molar-refractivity contribution in [1.82, 2.24) is 20.2 Å². The first kappa shape index (κ1) is 11.9. The topological polar surface area (TPSA) is 67.4 Å². The Morgan fingerprint density at radius 2 is 2.16 bits per heavy atom. The summed E-state index contributed by atoms with van der Waals surface area (Å²) >= 11 is 1.81. The van der Waals surface area contributed by atoms with E-state index in [0.717, 1.165) is 17.7 Å². The molecule has 0 saturated heterocycles. The maximum atomic E-state index is 8.86. The van der Waals surface area contributed by atoms with Gasteiger partial charge in [-0.1, -0.05) is 12.1 Å². The summed E-state index contributed by atoms with van der Waals surface area (Å²) < 4.78 is 0. The van der Waals surface area contributed by atoms with Gasteiger partial charge in [-0.25, -0.2) is 0 Å². The van der Waals surface area contributed by atoms with Crippen LogP contribution in [0.3, 0.4) is 0 Å². The molecule has 0 radical (unpaired) electrons. The van der Waals surface area contributed by atoms with Crippen LogP contribution in [-0.2, 0) is 0 Å². The fourth-order valence-electron chi connectivity index (χ4n) is 2.13. The van der Waals surface area contributed by atoms with Gasteiger partial charge in [0.1, 0.15) is 6.04 Å². The number of nitrogens with zero attached hydrogens (tertiary/aromatic N) is 5. The van der Waals surface area contributed by atoms with Crippen molar-refractivity contribution in [3.63, 3.8) is 0 Å². The zero-order valence-corrected chi connectivity index (χ0v) is 10.9. The van der Waals surface area contributed by atoms with E-state index < -0.39 is 0 Å². The summed E-state index contributed by atoms with van der Waals surface area (Å²) in [6, 6.07) is 9.66. The van der Waals surface area contributed by atoms with Crippen LogP contribution in [0.5, 0.6) is 0 Å². The molecule has 0 saturated carbocycles. The molecule has 3 rings (SSSR count). The number of rotatable bonds is 3. The maximum Gasteiger partial charge on any atom is 0.162 e. The first-order valence-corrected chi connectivity index (χ1v) is 6.96. The normalized spacial score (nSPS) is 15.8. The van der Waals surface area contributed by atoms with Gasteiger partial charge in [0.05, 0.1) is 11.6 Å². The minimum atomic E-state index is -0.0229. The van der Waals surface area contributed by atoms with Crippen LogP contribution in [0.25, 0.3) is 0 Å². The predicted octanol–water partition coefficient (Wildman–Crippen LogP) is 2.15. The second-order valence-corrected chi connectivity index (χ2v) is 5.18. The third kappa shape index (κ3) is 2.37. The Morgan fingerprint density at radius 1 is 1.32 bits per heavy atom. The van der Waals surface area contributed by atoms with Gasteiger partial charge in [0.15, 0.2) is 6.33 Å². The summed E-state index contributed by atoms with van der Waals surface area (Å²) in [6.07, 6.45) is 2.47. The van der Waals surface area contributed by atoms with Crippen molar-refractivity contribution < 1.29 is 0 Å². The lowest BCUT2D eigenvalue weighted by Gasteiger charge is -2.17. The molecular formula is C13H11N5S. The van der Waals surface area contributed by atoms with Gasteiger partial charge in [-0.2, -0.15) is 10.1 Å². The summed E-state index contributed by atoms with van der Waals surface area (Å²) in [7, 11) is 0. The number of aromatic nitrogens is 4. The lowest BCUT2D eigenvalue weighted by molar-refractivity contribution is 0.492. The molecule has 5 nitrogen and oxygen atoms in total. The molecule has 1 aliphatic heterocycles. The SMILES string of the molecule is N#Cc1ccc(C(C2=CSCC2)n2ncnn2)cc1. The van der Waals surface area contributed by atoms with Gasteiger partial charge < -0.3 is 0 Å². The van der Waals surface area contributed by atoms with E-state index in [9.17, 15) is 0 Å². The molecule has 19 heavy (non-hydrogen) atoms. The van der Waals surface area contributed by atoms with Gasteiger partial charge in [-0.05, 0) is 40.3 Å². The molecular weight excluding hydrogens is 258 g/mol. The van der Waals surface area contributed by atoms with Crippen LogP contribution in [0.15, 0.2) is 41.6 Å². The molecule has 1 atom stereocenters. The summed E-state index contributed by atoms with van der Waals surface area (Å²) in [6.45, 7) is 0. The molecule has 0 amide bonds. The first-order chi connectivity index (χ1) is 9.38. The van der Waals surface area contributed by atoms with Crippen molar-refractivity contribution >= 4 is 11.8 Å². The number of allylic oxidation sites excluding steroid dienone is 1. The van der Waals surface area contributed by atoms with Crippen LogP contribution in [0, 0.1) is 11.3 Å². The Balaban J connectivity index is 2.01. The fourth-order valence-corrected chi connectivity index (χ4v) is 3.06. The van der Waals surface area contributed by atoms with Crippen LogP contribution in [-0.4, -0.2) is 26.0 Å². The Bertz CT molecular complexity index is 624. The summed E-state index contributed by atoms with van der Waals surface area (Å²) in [5.74, 6) is 1.09. The number of tetrazole rings is 1. The summed E-state index contributed by atoms with van der Waals surface area (Å²) in [4.78, 5) is 1.62. The standard InChI is InChI=1S/C13H11N5S/c14-7-10-1-3-11(4-2-10)13(12-5-6-19-8-12)18-16-9-15-17-18/h1-4,8-9,13H,5-6H2. The molecule has 1 aromatic carbocycles. The summed E-state index contributed by atoms with van der Waals surface area (Å²) in [5, 5.41) is 23.0. The molecule has 1 unspecified atom stereocenters. The molecule has 0 spiro atoms. The van der Waals surface area contributed by atoms with E-state index in [-0.39, 0.29) is 6.04 Å². The van der Waals surface area contributed by atoms with Gasteiger partial charge in [0.25, 0.3) is 0 Å². The van der Waals surface area contributed by atoms with E-state index in [1.165, 1.54) is 11.9 Å². The number of hydrogen-bond donors (Lipinski definition) is 0. The van der Waals surface area contributed by atoms with E-state index in [1.807, 2.05) is 24.3 Å². The predicted molar refractivity (Wildman–Crippen MR) is 72.3 cm³/mol. The molecule has 2 heterocycles. The smallest absolute Gasteiger partial charge is 0.162 e. The van der Waals surface area contributed by atoms with E-state index in [0.29, 0.717) is 5.56 Å². The van der Waals surface area contributed by atoms with E-state index in [1.54, 1.807) is 16.6 Å². The highest BCUT2D eigenvalue weighted by Crippen LogP contribution is 2.34. The van der Waals surface area contributed by atoms with E-state index >= 15 is 0 Å². The highest BCUT2D eigenvalue weighted by atomic mass is 32.2. The van der Waals surface area contributed by atoms with Crippen molar-refractivity contribution in [2.45, 2.75) is 12.5 Å². The van der Waals surface area contributed by atoms with Gasteiger partial charge >= 0.3 is 0 Å². The molecule has 6 heteroatoms. The van der Waals surface area contributed by atoms with Crippen molar-refractivity contribution in [2.24, 2.45) is 0 Å². The first-order valence-electron chi connectivity index (χ1n) is 5.91. The lowest BCUT2D eigenvalue weighted by atomic mass is 9.98. The third-order valence-corrected chi connectivity index (χ3v) is 3.96. The Kier molecular flexibility index (Phi) is 3.29. The molecule has 1 aromatic heterocycles. The zero-order valence-electron chi connectivity index (χ0n) is 10.1. The molecule has 2 aromatic rings. The Hall–Kier alpha value is -2.13. The molecule has 94 valence electrons. The van der Waals surface area contributed by atoms with Gasteiger partial charge in [-0.3, -0.25) is 0 Å². The second kappa shape index (κ2) is 5.24. The number of thioether (sulfide) groups is 1. The molecule has 0 N–H and O–H groups in total. The highest BCUT2D eigenvalue weighted by Gasteiger charge is 2.23. The average Bonchev–Trinajstić information content (AvgIpc) is 3.13. The van der Waals surface area contributed by atoms with Gasteiger partial charge in [0.2, 0.25) is 0 Å². The molecule has 0 aliphatic carbocycles. The minimum absolute atomic E-state index is 0.0229. The third-order valence-electron chi connectivity index (χ3n) is 3.05. The van der Waals surface area contributed by atoms with Crippen molar-refractivity contribution in [2.75, 3.05) is 5.75 Å². The Morgan fingerprint density at radius 3 is 2.74 bits per heavy atom. The Labute approximate surface area is 114 Å². The van der Waals surface area contributed by atoms with Crippen LogP contribution in [0.2, 0.25) is 0 Å². The van der Waals surface area contributed by atoms with Crippen LogP contribution in [0.4, 0.5) is 0 Å². The monoisotopic (exact) mass is 269 g/mol. The second-order valence-electron chi connectivity index (χ2n) is 4.21. The molecule has 0 bridgehead atoms. The number of hydrogen-bond acceptors (Lipinski definition) is 5. The highest BCUT2D eigenvalue weighted by molar-refractivity contribution is 8.02. The van der Waals surface area contributed by atoms with Crippen molar-refractivity contribution in [3.8, 4) is 6.07 Å². The lowest BCUT2D eigenvalue weighted by Crippen LogP contribution is -2.16. The zero-order chi connectivity index (χ0) is 13.1. The summed E-state index contributed by atoms with van der Waals surface area (Å²) in [5.41, 5.74) is 3.02. The van der Waals surface area contributed by atoms with Crippen molar-refractivity contribution in [1.29, 1.82) is 5.26 Å². The van der Waals surface area contributed by atoms with Gasteiger partial charge in [-0.15, -0.1) is 22.0 Å². The fraction of sp³-hybridized carbons (Fsp3) is 0.231. The molecule has 1 aliphatic rings. The maximum absolute atomic E-state index is 8.86. The average molecular weight is 269 g/mol. The van der Waals surface area contributed by atoms with Crippen LogP contribution >= 0.6 is 11.8 Å². The largest absolute Gasteiger partial charge is 0.192 e. The number of benzene rings is 1. The minimum Gasteiger partial charge on any atom is -0.192 e. The van der Waals surface area contributed by atoms with E-state index in [2.05, 4.69) is 26.9 Å². The molecule has 0 fully saturated rings. The quantitative estimate of drug-likeness (QED) is 0.854. The van der Waals surface area contributed by atoms with E-state index in [4.69, 9.17) is 5.26 Å².